The SMILES string of the molecule is Cc1cccc(NC(=O)c2ccc(NS(=O)(=O)c3ccccc3)cc2Cl)c1C. The molecular weight excluding hydrogens is 396 g/mol. The first kappa shape index (κ1) is 19.9. The number of sulfonamides is 1. The van der Waals surface area contributed by atoms with Gasteiger partial charge in [0, 0.05) is 5.69 Å². The third-order valence-electron chi connectivity index (χ3n) is 4.37. The van der Waals surface area contributed by atoms with Crippen molar-refractivity contribution in [2.45, 2.75) is 18.7 Å². The number of carbonyl (C=O) groups is 1. The van der Waals surface area contributed by atoms with E-state index in [9.17, 15) is 13.2 Å². The van der Waals surface area contributed by atoms with Gasteiger partial charge >= 0.3 is 0 Å². The zero-order valence-electron chi connectivity index (χ0n) is 15.4. The lowest BCUT2D eigenvalue weighted by atomic mass is 10.1. The Labute approximate surface area is 169 Å². The highest BCUT2D eigenvalue weighted by atomic mass is 35.5. The average molecular weight is 415 g/mol. The molecule has 144 valence electrons. The molecule has 0 spiro atoms. The topological polar surface area (TPSA) is 75.3 Å². The maximum Gasteiger partial charge on any atom is 0.261 e. The van der Waals surface area contributed by atoms with Crippen LogP contribution in [0.3, 0.4) is 0 Å². The van der Waals surface area contributed by atoms with Crippen molar-refractivity contribution in [1.29, 1.82) is 0 Å². The van der Waals surface area contributed by atoms with Crippen molar-refractivity contribution in [3.8, 4) is 0 Å². The van der Waals surface area contributed by atoms with E-state index in [2.05, 4.69) is 10.0 Å². The molecule has 0 bridgehead atoms. The van der Waals surface area contributed by atoms with Crippen molar-refractivity contribution >= 4 is 38.9 Å². The fraction of sp³-hybridized carbons (Fsp3) is 0.0952. The quantitative estimate of drug-likeness (QED) is 0.616. The van der Waals surface area contributed by atoms with Gasteiger partial charge in [-0.3, -0.25) is 9.52 Å². The second kappa shape index (κ2) is 8.04. The summed E-state index contributed by atoms with van der Waals surface area (Å²) in [4.78, 5) is 12.7. The van der Waals surface area contributed by atoms with E-state index in [1.54, 1.807) is 18.2 Å². The molecule has 0 unspecified atom stereocenters. The van der Waals surface area contributed by atoms with Gasteiger partial charge in [0.15, 0.2) is 0 Å². The van der Waals surface area contributed by atoms with E-state index in [0.717, 1.165) is 11.1 Å². The average Bonchev–Trinajstić information content (AvgIpc) is 2.66. The second-order valence-corrected chi connectivity index (χ2v) is 8.40. The molecule has 3 aromatic rings. The highest BCUT2D eigenvalue weighted by Crippen LogP contribution is 2.25. The number of nitrogens with one attached hydrogen (secondary N) is 2. The summed E-state index contributed by atoms with van der Waals surface area (Å²) in [6.07, 6.45) is 0. The maximum absolute atomic E-state index is 12.6. The third kappa shape index (κ3) is 4.35. The standard InChI is InChI=1S/C21H19ClN2O3S/c1-14-7-6-10-20(15(14)2)23-21(25)18-12-11-16(13-19(18)22)24-28(26,27)17-8-4-3-5-9-17/h3-13,24H,1-2H3,(H,23,25). The van der Waals surface area contributed by atoms with E-state index >= 15 is 0 Å². The van der Waals surface area contributed by atoms with E-state index < -0.39 is 10.0 Å². The Morgan fingerprint density at radius 3 is 2.32 bits per heavy atom. The van der Waals surface area contributed by atoms with Crippen molar-refractivity contribution in [2.75, 3.05) is 10.0 Å². The smallest absolute Gasteiger partial charge is 0.261 e. The summed E-state index contributed by atoms with van der Waals surface area (Å²) in [5.74, 6) is -0.365. The molecule has 2 N–H and O–H groups in total. The highest BCUT2D eigenvalue weighted by molar-refractivity contribution is 7.92. The molecule has 0 aromatic heterocycles. The first-order valence-electron chi connectivity index (χ1n) is 8.53. The lowest BCUT2D eigenvalue weighted by Gasteiger charge is -2.12. The Morgan fingerprint density at radius 2 is 1.64 bits per heavy atom. The van der Waals surface area contributed by atoms with Crippen LogP contribution in [0.5, 0.6) is 0 Å². The summed E-state index contributed by atoms with van der Waals surface area (Å²) in [6.45, 7) is 3.89. The molecule has 28 heavy (non-hydrogen) atoms. The van der Waals surface area contributed by atoms with Crippen molar-refractivity contribution in [3.05, 3.63) is 88.4 Å². The summed E-state index contributed by atoms with van der Waals surface area (Å²) in [7, 11) is -3.73. The number of carbonyl (C=O) groups excluding carboxylic acids is 1. The van der Waals surface area contributed by atoms with Crippen LogP contribution in [0.2, 0.25) is 5.02 Å². The summed E-state index contributed by atoms with van der Waals surface area (Å²) < 4.78 is 27.3. The van der Waals surface area contributed by atoms with Crippen LogP contribution in [-0.4, -0.2) is 14.3 Å². The molecule has 3 rings (SSSR count). The van der Waals surface area contributed by atoms with Crippen molar-refractivity contribution in [3.63, 3.8) is 0 Å². The fourth-order valence-corrected chi connectivity index (χ4v) is 3.99. The Bertz CT molecular complexity index is 1130. The number of amides is 1. The second-order valence-electron chi connectivity index (χ2n) is 6.31. The fourth-order valence-electron chi connectivity index (χ4n) is 2.65. The number of hydrogen-bond acceptors (Lipinski definition) is 3. The molecule has 5 nitrogen and oxygen atoms in total. The molecule has 1 amide bonds. The van der Waals surface area contributed by atoms with E-state index in [-0.39, 0.29) is 27.1 Å². The van der Waals surface area contributed by atoms with Crippen LogP contribution in [0.4, 0.5) is 11.4 Å². The molecular formula is C21H19ClN2O3S. The molecule has 0 aliphatic rings. The van der Waals surface area contributed by atoms with Crippen molar-refractivity contribution < 1.29 is 13.2 Å². The lowest BCUT2D eigenvalue weighted by Crippen LogP contribution is -2.15. The Balaban J connectivity index is 1.80. The van der Waals surface area contributed by atoms with Crippen LogP contribution in [0.15, 0.2) is 71.6 Å². The summed E-state index contributed by atoms with van der Waals surface area (Å²) in [5.41, 5.74) is 3.27. The van der Waals surface area contributed by atoms with Gasteiger partial charge in [-0.05, 0) is 61.4 Å². The minimum absolute atomic E-state index is 0.142. The van der Waals surface area contributed by atoms with Crippen LogP contribution >= 0.6 is 11.6 Å². The van der Waals surface area contributed by atoms with Gasteiger partial charge in [0.1, 0.15) is 0 Å². The summed E-state index contributed by atoms with van der Waals surface area (Å²) in [5, 5.41) is 2.99. The minimum atomic E-state index is -3.73. The van der Waals surface area contributed by atoms with Crippen LogP contribution in [0, 0.1) is 13.8 Å². The van der Waals surface area contributed by atoms with E-state index in [1.165, 1.54) is 30.3 Å². The molecule has 0 saturated heterocycles. The van der Waals surface area contributed by atoms with Crippen LogP contribution < -0.4 is 10.0 Å². The number of anilines is 2. The molecule has 0 aliphatic carbocycles. The van der Waals surface area contributed by atoms with Crippen molar-refractivity contribution in [1.82, 2.24) is 0 Å². The van der Waals surface area contributed by atoms with E-state index in [4.69, 9.17) is 11.6 Å². The minimum Gasteiger partial charge on any atom is -0.322 e. The molecule has 0 fully saturated rings. The van der Waals surface area contributed by atoms with Gasteiger partial charge in [-0.15, -0.1) is 0 Å². The molecule has 0 atom stereocenters. The van der Waals surface area contributed by atoms with E-state index in [1.807, 2.05) is 32.0 Å². The summed E-state index contributed by atoms with van der Waals surface area (Å²) in [6, 6.07) is 18.1. The zero-order valence-corrected chi connectivity index (χ0v) is 16.9. The van der Waals surface area contributed by atoms with Crippen molar-refractivity contribution in [2.24, 2.45) is 0 Å². The Kier molecular flexibility index (Phi) is 5.72. The van der Waals surface area contributed by atoms with Gasteiger partial charge in [-0.1, -0.05) is 41.9 Å². The molecule has 0 radical (unpaired) electrons. The summed E-state index contributed by atoms with van der Waals surface area (Å²) >= 11 is 6.24. The van der Waals surface area contributed by atoms with E-state index in [0.29, 0.717) is 5.69 Å². The normalized spacial score (nSPS) is 11.1. The van der Waals surface area contributed by atoms with Crippen LogP contribution in [0.25, 0.3) is 0 Å². The van der Waals surface area contributed by atoms with Gasteiger partial charge in [0.25, 0.3) is 15.9 Å². The number of hydrogen-bond donors (Lipinski definition) is 2. The van der Waals surface area contributed by atoms with Gasteiger partial charge in [-0.2, -0.15) is 0 Å². The number of rotatable bonds is 5. The van der Waals surface area contributed by atoms with Gasteiger partial charge in [0.2, 0.25) is 0 Å². The number of halogens is 1. The van der Waals surface area contributed by atoms with Crippen LogP contribution in [0.1, 0.15) is 21.5 Å². The zero-order chi connectivity index (χ0) is 20.3. The largest absolute Gasteiger partial charge is 0.322 e. The van der Waals surface area contributed by atoms with Gasteiger partial charge in [-0.25, -0.2) is 8.42 Å². The first-order chi connectivity index (χ1) is 13.3. The third-order valence-corrected chi connectivity index (χ3v) is 6.08. The highest BCUT2D eigenvalue weighted by Gasteiger charge is 2.16. The number of benzene rings is 3. The van der Waals surface area contributed by atoms with Gasteiger partial charge < -0.3 is 5.32 Å². The first-order valence-corrected chi connectivity index (χ1v) is 10.4. The Morgan fingerprint density at radius 1 is 0.929 bits per heavy atom. The predicted octanol–water partition coefficient (Wildman–Crippen LogP) is 5.01. The molecule has 0 saturated carbocycles. The van der Waals surface area contributed by atoms with Gasteiger partial charge in [0.05, 0.1) is 21.2 Å². The maximum atomic E-state index is 12.6. The molecule has 0 heterocycles. The molecule has 7 heteroatoms. The number of aryl methyl sites for hydroxylation is 1. The lowest BCUT2D eigenvalue weighted by molar-refractivity contribution is 0.102. The molecule has 3 aromatic carbocycles. The van der Waals surface area contributed by atoms with Crippen LogP contribution in [-0.2, 0) is 10.0 Å². The monoisotopic (exact) mass is 414 g/mol. The molecule has 0 aliphatic heterocycles. The predicted molar refractivity (Wildman–Crippen MR) is 113 cm³/mol. The Hall–Kier alpha value is -2.83.